The fraction of sp³-hybridized carbons (Fsp3) is 0.846. The van der Waals surface area contributed by atoms with E-state index in [0.29, 0.717) is 0 Å². The minimum Gasteiger partial charge on any atom is -0.366 e. The average molecular weight is 196 g/mol. The molecule has 0 N–H and O–H groups in total. The first-order chi connectivity index (χ1) is 6.85. The van der Waals surface area contributed by atoms with Gasteiger partial charge in [0.1, 0.15) is 6.10 Å². The number of hydrogen-bond donors (Lipinski definition) is 0. The van der Waals surface area contributed by atoms with Crippen LogP contribution in [0.25, 0.3) is 0 Å². The molecule has 0 saturated heterocycles. The van der Waals surface area contributed by atoms with Crippen LogP contribution < -0.4 is 0 Å². The number of ether oxygens (including phenoxy) is 1. The molecule has 0 aliphatic carbocycles. The lowest BCUT2D eigenvalue weighted by molar-refractivity contribution is 0.0810. The van der Waals surface area contributed by atoms with Gasteiger partial charge in [-0.25, -0.2) is 0 Å². The zero-order chi connectivity index (χ0) is 10.6. The van der Waals surface area contributed by atoms with Crippen LogP contribution >= 0.6 is 0 Å². The van der Waals surface area contributed by atoms with Crippen LogP contribution in [0.5, 0.6) is 0 Å². The molecule has 1 heteroatoms. The van der Waals surface area contributed by atoms with E-state index in [9.17, 15) is 0 Å². The van der Waals surface area contributed by atoms with Crippen molar-refractivity contribution in [3.05, 3.63) is 0 Å². The van der Waals surface area contributed by atoms with E-state index >= 15 is 0 Å². The summed E-state index contributed by atoms with van der Waals surface area (Å²) in [4.78, 5) is 0. The third-order valence-corrected chi connectivity index (χ3v) is 2.32. The van der Waals surface area contributed by atoms with Gasteiger partial charge in [-0.05, 0) is 19.3 Å². The molecule has 14 heavy (non-hydrogen) atoms. The van der Waals surface area contributed by atoms with Crippen molar-refractivity contribution in [2.24, 2.45) is 0 Å². The Morgan fingerprint density at radius 2 is 1.71 bits per heavy atom. The van der Waals surface area contributed by atoms with Gasteiger partial charge in [0.05, 0.1) is 0 Å². The predicted octanol–water partition coefficient (Wildman–Crippen LogP) is 3.78. The second kappa shape index (κ2) is 10.6. The Bertz CT molecular complexity index is 146. The summed E-state index contributed by atoms with van der Waals surface area (Å²) in [6.45, 7) is 5.22. The van der Waals surface area contributed by atoms with E-state index in [0.717, 1.165) is 19.4 Å². The zero-order valence-corrected chi connectivity index (χ0v) is 9.72. The summed E-state index contributed by atoms with van der Waals surface area (Å²) in [7, 11) is 0. The molecule has 0 saturated carbocycles. The van der Waals surface area contributed by atoms with Gasteiger partial charge in [0.2, 0.25) is 0 Å². The molecule has 0 aromatic carbocycles. The van der Waals surface area contributed by atoms with Crippen LogP contribution in [0.15, 0.2) is 0 Å². The van der Waals surface area contributed by atoms with Crippen LogP contribution in [-0.2, 0) is 4.74 Å². The van der Waals surface area contributed by atoms with Crippen LogP contribution in [0.1, 0.15) is 58.8 Å². The van der Waals surface area contributed by atoms with Gasteiger partial charge in [-0.1, -0.05) is 45.5 Å². The maximum Gasteiger partial charge on any atom is 0.117 e. The summed E-state index contributed by atoms with van der Waals surface area (Å²) in [5.41, 5.74) is 0. The van der Waals surface area contributed by atoms with Crippen molar-refractivity contribution in [2.75, 3.05) is 6.61 Å². The second-order valence-corrected chi connectivity index (χ2v) is 3.73. The highest BCUT2D eigenvalue weighted by Gasteiger charge is 2.03. The Morgan fingerprint density at radius 1 is 1.07 bits per heavy atom. The van der Waals surface area contributed by atoms with Crippen LogP contribution in [0.3, 0.4) is 0 Å². The summed E-state index contributed by atoms with van der Waals surface area (Å²) in [6, 6.07) is 0. The van der Waals surface area contributed by atoms with Crippen molar-refractivity contribution in [3.8, 4) is 12.3 Å². The van der Waals surface area contributed by atoms with Gasteiger partial charge < -0.3 is 4.74 Å². The maximum atomic E-state index is 5.60. The molecule has 1 unspecified atom stereocenters. The van der Waals surface area contributed by atoms with Crippen LogP contribution in [0.2, 0.25) is 0 Å². The van der Waals surface area contributed by atoms with Gasteiger partial charge in [0, 0.05) is 6.61 Å². The van der Waals surface area contributed by atoms with E-state index in [1.54, 1.807) is 0 Å². The third-order valence-electron chi connectivity index (χ3n) is 2.32. The first kappa shape index (κ1) is 13.5. The molecule has 0 fully saturated rings. The Kier molecular flexibility index (Phi) is 10.2. The summed E-state index contributed by atoms with van der Waals surface area (Å²) in [5, 5.41) is 0. The summed E-state index contributed by atoms with van der Waals surface area (Å²) in [5.74, 6) is 2.72. The Hall–Kier alpha value is -0.480. The lowest BCUT2D eigenvalue weighted by Gasteiger charge is -2.11. The molecular formula is C13H24O. The molecule has 0 radical (unpaired) electrons. The summed E-state index contributed by atoms with van der Waals surface area (Å²) in [6.07, 6.45) is 13.8. The van der Waals surface area contributed by atoms with E-state index in [4.69, 9.17) is 11.2 Å². The third kappa shape index (κ3) is 8.13. The van der Waals surface area contributed by atoms with Gasteiger partial charge in [-0.2, -0.15) is 0 Å². The standard InChI is InChI=1S/C13H24O/c1-4-7-9-11-13(6-3)14-12-10-8-5-2/h3,13H,4-5,7-12H2,1-2H3. The van der Waals surface area contributed by atoms with Crippen molar-refractivity contribution < 1.29 is 4.74 Å². The number of terminal acetylenes is 1. The first-order valence-corrected chi connectivity index (χ1v) is 5.92. The molecule has 0 heterocycles. The predicted molar refractivity (Wildman–Crippen MR) is 62.2 cm³/mol. The van der Waals surface area contributed by atoms with Crippen molar-refractivity contribution in [1.82, 2.24) is 0 Å². The molecule has 0 aromatic rings. The largest absolute Gasteiger partial charge is 0.366 e. The monoisotopic (exact) mass is 196 g/mol. The van der Waals surface area contributed by atoms with Crippen LogP contribution in [-0.4, -0.2) is 12.7 Å². The molecule has 0 amide bonds. The normalized spacial score (nSPS) is 12.4. The molecule has 1 atom stereocenters. The molecular weight excluding hydrogens is 172 g/mol. The maximum absolute atomic E-state index is 5.60. The van der Waals surface area contributed by atoms with Crippen molar-refractivity contribution in [3.63, 3.8) is 0 Å². The molecule has 0 bridgehead atoms. The van der Waals surface area contributed by atoms with E-state index in [-0.39, 0.29) is 6.10 Å². The first-order valence-electron chi connectivity index (χ1n) is 5.92. The summed E-state index contributed by atoms with van der Waals surface area (Å²) >= 11 is 0. The molecule has 0 aromatic heterocycles. The van der Waals surface area contributed by atoms with E-state index in [2.05, 4.69) is 19.8 Å². The van der Waals surface area contributed by atoms with Crippen LogP contribution in [0, 0.1) is 12.3 Å². The Balaban J connectivity index is 3.35. The highest BCUT2D eigenvalue weighted by atomic mass is 16.5. The Labute approximate surface area is 89.2 Å². The molecule has 82 valence electrons. The van der Waals surface area contributed by atoms with Crippen molar-refractivity contribution >= 4 is 0 Å². The molecule has 0 aliphatic heterocycles. The minimum absolute atomic E-state index is 0.0541. The van der Waals surface area contributed by atoms with Gasteiger partial charge >= 0.3 is 0 Å². The smallest absolute Gasteiger partial charge is 0.117 e. The fourth-order valence-corrected chi connectivity index (χ4v) is 1.37. The topological polar surface area (TPSA) is 9.23 Å². The van der Waals surface area contributed by atoms with Gasteiger partial charge in [-0.3, -0.25) is 0 Å². The molecule has 0 aliphatic rings. The number of rotatable bonds is 9. The minimum atomic E-state index is 0.0541. The SMILES string of the molecule is C#CC(CCCCC)OCCCCC. The number of unbranched alkanes of at least 4 members (excludes halogenated alkanes) is 4. The van der Waals surface area contributed by atoms with Crippen molar-refractivity contribution in [1.29, 1.82) is 0 Å². The van der Waals surface area contributed by atoms with E-state index in [1.165, 1.54) is 32.1 Å². The highest BCUT2D eigenvalue weighted by molar-refractivity contribution is 4.94. The number of hydrogen-bond acceptors (Lipinski definition) is 1. The molecule has 0 rings (SSSR count). The van der Waals surface area contributed by atoms with Crippen molar-refractivity contribution in [2.45, 2.75) is 64.9 Å². The fourth-order valence-electron chi connectivity index (χ4n) is 1.37. The highest BCUT2D eigenvalue weighted by Crippen LogP contribution is 2.07. The lowest BCUT2D eigenvalue weighted by Crippen LogP contribution is -2.11. The Morgan fingerprint density at radius 3 is 2.29 bits per heavy atom. The lowest BCUT2D eigenvalue weighted by atomic mass is 10.1. The molecule has 1 nitrogen and oxygen atoms in total. The van der Waals surface area contributed by atoms with Crippen LogP contribution in [0.4, 0.5) is 0 Å². The van der Waals surface area contributed by atoms with Gasteiger partial charge in [0.15, 0.2) is 0 Å². The van der Waals surface area contributed by atoms with Gasteiger partial charge in [-0.15, -0.1) is 6.42 Å². The quantitative estimate of drug-likeness (QED) is 0.403. The van der Waals surface area contributed by atoms with Gasteiger partial charge in [0.25, 0.3) is 0 Å². The summed E-state index contributed by atoms with van der Waals surface area (Å²) < 4.78 is 5.60. The molecule has 0 spiro atoms. The van der Waals surface area contributed by atoms with E-state index in [1.807, 2.05) is 0 Å². The average Bonchev–Trinajstić information content (AvgIpc) is 2.22. The van der Waals surface area contributed by atoms with E-state index < -0.39 is 0 Å². The zero-order valence-electron chi connectivity index (χ0n) is 9.72. The second-order valence-electron chi connectivity index (χ2n) is 3.73.